The van der Waals surface area contributed by atoms with E-state index in [1.165, 1.54) is 0 Å². The number of rotatable bonds is 9. The Morgan fingerprint density at radius 2 is 1.74 bits per heavy atom. The van der Waals surface area contributed by atoms with Crippen molar-refractivity contribution in [1.82, 2.24) is 5.32 Å². The predicted octanol–water partition coefficient (Wildman–Crippen LogP) is 3.78. The summed E-state index contributed by atoms with van der Waals surface area (Å²) in [7, 11) is 0. The number of ether oxygens (including phenoxy) is 2. The fraction of sp³-hybridized carbons (Fsp3) is 0.571. The Bertz CT molecular complexity index is 352. The summed E-state index contributed by atoms with van der Waals surface area (Å²) in [5, 5.41) is 4.46. The molecule has 1 aromatic carbocycles. The van der Waals surface area contributed by atoms with Gasteiger partial charge in [0, 0.05) is 23.2 Å². The molecule has 0 aliphatic carbocycles. The second kappa shape index (κ2) is 9.43. The number of halogens is 2. The van der Waals surface area contributed by atoms with Crippen molar-refractivity contribution in [3.05, 3.63) is 28.2 Å². The Hall–Kier alpha value is -0.480. The van der Waals surface area contributed by atoms with Crippen LogP contribution in [0.15, 0.2) is 18.2 Å². The summed E-state index contributed by atoms with van der Waals surface area (Å²) in [6.07, 6.45) is 1.30. The molecule has 0 fully saturated rings. The third-order valence-electron chi connectivity index (χ3n) is 2.33. The third kappa shape index (κ3) is 8.32. The molecule has 0 spiro atoms. The molecule has 0 unspecified atom stereocenters. The summed E-state index contributed by atoms with van der Waals surface area (Å²) >= 11 is 11.8. The van der Waals surface area contributed by atoms with Crippen LogP contribution in [0.25, 0.3) is 0 Å². The zero-order chi connectivity index (χ0) is 14.1. The molecular formula is C14H21Cl2NO2. The van der Waals surface area contributed by atoms with Gasteiger partial charge in [-0.25, -0.2) is 0 Å². The second-order valence-corrected chi connectivity index (χ2v) is 5.35. The topological polar surface area (TPSA) is 30.5 Å². The molecule has 1 rings (SSSR count). The second-order valence-electron chi connectivity index (χ2n) is 4.48. The van der Waals surface area contributed by atoms with Crippen LogP contribution in [0.1, 0.15) is 20.3 Å². The first-order valence-electron chi connectivity index (χ1n) is 6.49. The maximum Gasteiger partial charge on any atom is 0.122 e. The van der Waals surface area contributed by atoms with Gasteiger partial charge in [-0.3, -0.25) is 0 Å². The van der Waals surface area contributed by atoms with Crippen molar-refractivity contribution in [3.8, 4) is 5.75 Å². The number of benzene rings is 1. The molecular weight excluding hydrogens is 285 g/mol. The van der Waals surface area contributed by atoms with E-state index in [0.29, 0.717) is 28.5 Å². The molecule has 0 heterocycles. The average Bonchev–Trinajstić information content (AvgIpc) is 2.31. The van der Waals surface area contributed by atoms with E-state index in [4.69, 9.17) is 32.7 Å². The van der Waals surface area contributed by atoms with Gasteiger partial charge in [-0.2, -0.15) is 0 Å². The lowest BCUT2D eigenvalue weighted by Gasteiger charge is -2.09. The molecule has 0 atom stereocenters. The minimum absolute atomic E-state index is 0.302. The van der Waals surface area contributed by atoms with E-state index in [0.717, 1.165) is 26.1 Å². The van der Waals surface area contributed by atoms with Crippen molar-refractivity contribution in [2.24, 2.45) is 0 Å². The lowest BCUT2D eigenvalue weighted by atomic mass is 10.3. The van der Waals surface area contributed by atoms with Crippen molar-refractivity contribution >= 4 is 23.2 Å². The van der Waals surface area contributed by atoms with Crippen molar-refractivity contribution in [2.75, 3.05) is 26.3 Å². The molecule has 108 valence electrons. The van der Waals surface area contributed by atoms with Crippen LogP contribution in [-0.4, -0.2) is 32.4 Å². The summed E-state index contributed by atoms with van der Waals surface area (Å²) in [6.45, 7) is 7.16. The van der Waals surface area contributed by atoms with Crippen LogP contribution < -0.4 is 10.1 Å². The molecule has 0 bridgehead atoms. The Morgan fingerprint density at radius 3 is 2.37 bits per heavy atom. The van der Waals surface area contributed by atoms with Crippen LogP contribution in [-0.2, 0) is 4.74 Å². The molecule has 1 N–H and O–H groups in total. The van der Waals surface area contributed by atoms with Gasteiger partial charge < -0.3 is 14.8 Å². The van der Waals surface area contributed by atoms with Gasteiger partial charge in [0.15, 0.2) is 0 Å². The monoisotopic (exact) mass is 305 g/mol. The van der Waals surface area contributed by atoms with Gasteiger partial charge in [-0.15, -0.1) is 0 Å². The van der Waals surface area contributed by atoms with Crippen LogP contribution in [0.5, 0.6) is 5.75 Å². The summed E-state index contributed by atoms with van der Waals surface area (Å²) in [5.74, 6) is 0.697. The molecule has 19 heavy (non-hydrogen) atoms. The Kier molecular flexibility index (Phi) is 8.22. The van der Waals surface area contributed by atoms with Crippen LogP contribution in [0.4, 0.5) is 0 Å². The van der Waals surface area contributed by atoms with E-state index >= 15 is 0 Å². The molecule has 0 aliphatic rings. The lowest BCUT2D eigenvalue weighted by Crippen LogP contribution is -2.23. The highest BCUT2D eigenvalue weighted by Crippen LogP contribution is 2.23. The largest absolute Gasteiger partial charge is 0.492 e. The summed E-state index contributed by atoms with van der Waals surface area (Å²) in [5.41, 5.74) is 0. The quantitative estimate of drug-likeness (QED) is 0.704. The summed E-state index contributed by atoms with van der Waals surface area (Å²) in [4.78, 5) is 0. The fourth-order valence-electron chi connectivity index (χ4n) is 1.49. The van der Waals surface area contributed by atoms with Gasteiger partial charge in [0.05, 0.1) is 6.10 Å². The van der Waals surface area contributed by atoms with Gasteiger partial charge in [-0.1, -0.05) is 23.2 Å². The SMILES string of the molecule is CC(C)OCCCNCCOc1cc(Cl)cc(Cl)c1. The van der Waals surface area contributed by atoms with Gasteiger partial charge in [0.2, 0.25) is 0 Å². The van der Waals surface area contributed by atoms with Crippen LogP contribution in [0.3, 0.4) is 0 Å². The molecule has 1 aromatic rings. The third-order valence-corrected chi connectivity index (χ3v) is 2.77. The Morgan fingerprint density at radius 1 is 1.05 bits per heavy atom. The first kappa shape index (κ1) is 16.6. The van der Waals surface area contributed by atoms with Gasteiger partial charge >= 0.3 is 0 Å². The highest BCUT2D eigenvalue weighted by atomic mass is 35.5. The van der Waals surface area contributed by atoms with Crippen LogP contribution >= 0.6 is 23.2 Å². The van der Waals surface area contributed by atoms with E-state index in [2.05, 4.69) is 5.32 Å². The zero-order valence-electron chi connectivity index (χ0n) is 11.4. The minimum Gasteiger partial charge on any atom is -0.492 e. The van der Waals surface area contributed by atoms with Crippen LogP contribution in [0.2, 0.25) is 10.0 Å². The Balaban J connectivity index is 2.04. The van der Waals surface area contributed by atoms with Crippen molar-refractivity contribution in [2.45, 2.75) is 26.4 Å². The highest BCUT2D eigenvalue weighted by molar-refractivity contribution is 6.34. The molecule has 0 saturated carbocycles. The number of hydrogen-bond acceptors (Lipinski definition) is 3. The first-order chi connectivity index (χ1) is 9.08. The summed E-state index contributed by atoms with van der Waals surface area (Å²) < 4.78 is 11.0. The number of hydrogen-bond donors (Lipinski definition) is 1. The fourth-order valence-corrected chi connectivity index (χ4v) is 2.00. The molecule has 0 saturated heterocycles. The van der Waals surface area contributed by atoms with Gasteiger partial charge in [0.25, 0.3) is 0 Å². The Labute approximate surface area is 125 Å². The average molecular weight is 306 g/mol. The van der Waals surface area contributed by atoms with Gasteiger partial charge in [0.1, 0.15) is 12.4 Å². The van der Waals surface area contributed by atoms with E-state index in [1.54, 1.807) is 18.2 Å². The smallest absolute Gasteiger partial charge is 0.122 e. The standard InChI is InChI=1S/C14H21Cl2NO2/c1-11(2)18-6-3-4-17-5-7-19-14-9-12(15)8-13(16)10-14/h8-11,17H,3-7H2,1-2H3. The molecule has 5 heteroatoms. The molecule has 0 radical (unpaired) electrons. The van der Waals surface area contributed by atoms with E-state index in [-0.39, 0.29) is 0 Å². The summed E-state index contributed by atoms with van der Waals surface area (Å²) in [6, 6.07) is 5.19. The van der Waals surface area contributed by atoms with E-state index in [9.17, 15) is 0 Å². The van der Waals surface area contributed by atoms with Gasteiger partial charge in [-0.05, 0) is 45.0 Å². The molecule has 3 nitrogen and oxygen atoms in total. The van der Waals surface area contributed by atoms with Crippen LogP contribution in [0, 0.1) is 0 Å². The van der Waals surface area contributed by atoms with E-state index in [1.807, 2.05) is 13.8 Å². The zero-order valence-corrected chi connectivity index (χ0v) is 12.9. The highest BCUT2D eigenvalue weighted by Gasteiger charge is 1.99. The normalized spacial score (nSPS) is 11.0. The first-order valence-corrected chi connectivity index (χ1v) is 7.24. The molecule has 0 amide bonds. The maximum atomic E-state index is 5.88. The van der Waals surface area contributed by atoms with Crippen molar-refractivity contribution in [1.29, 1.82) is 0 Å². The molecule has 0 aromatic heterocycles. The van der Waals surface area contributed by atoms with E-state index < -0.39 is 0 Å². The van der Waals surface area contributed by atoms with Crippen molar-refractivity contribution in [3.63, 3.8) is 0 Å². The molecule has 0 aliphatic heterocycles. The predicted molar refractivity (Wildman–Crippen MR) is 80.5 cm³/mol. The maximum absolute atomic E-state index is 5.88. The van der Waals surface area contributed by atoms with Crippen molar-refractivity contribution < 1.29 is 9.47 Å². The minimum atomic E-state index is 0.302. The lowest BCUT2D eigenvalue weighted by molar-refractivity contribution is 0.0770. The number of nitrogens with one attached hydrogen (secondary N) is 1.